The van der Waals surface area contributed by atoms with Crippen LogP contribution in [0.4, 0.5) is 0 Å². The van der Waals surface area contributed by atoms with Crippen molar-refractivity contribution in [3.8, 4) is 0 Å². The van der Waals surface area contributed by atoms with Gasteiger partial charge in [-0.2, -0.15) is 0 Å². The van der Waals surface area contributed by atoms with E-state index in [2.05, 4.69) is 22.1 Å². The Labute approximate surface area is 108 Å². The molecule has 0 atom stereocenters. The molecule has 0 saturated heterocycles. The number of halogens is 1. The summed E-state index contributed by atoms with van der Waals surface area (Å²) >= 11 is 7.89. The summed E-state index contributed by atoms with van der Waals surface area (Å²) in [6, 6.07) is 14.1. The molecule has 0 aliphatic heterocycles. The Morgan fingerprint density at radius 2 is 1.94 bits per heavy atom. The van der Waals surface area contributed by atoms with Gasteiger partial charge >= 0.3 is 0 Å². The van der Waals surface area contributed by atoms with E-state index in [1.54, 1.807) is 18.1 Å². The molecule has 0 fully saturated rings. The first-order chi connectivity index (χ1) is 8.33. The molecule has 0 radical (unpaired) electrons. The van der Waals surface area contributed by atoms with Gasteiger partial charge in [-0.1, -0.05) is 41.6 Å². The second-order valence-electron chi connectivity index (χ2n) is 3.62. The highest BCUT2D eigenvalue weighted by Gasteiger charge is 2.06. The van der Waals surface area contributed by atoms with Crippen LogP contribution in [0.1, 0.15) is 0 Å². The summed E-state index contributed by atoms with van der Waals surface area (Å²) in [7, 11) is 0. The highest BCUT2D eigenvalue weighted by Crippen LogP contribution is 2.35. The largest absolute Gasteiger partial charge is 0.345 e. The predicted molar refractivity (Wildman–Crippen MR) is 71.7 cm³/mol. The van der Waals surface area contributed by atoms with Gasteiger partial charge in [0, 0.05) is 9.79 Å². The van der Waals surface area contributed by atoms with Gasteiger partial charge in [0.25, 0.3) is 0 Å². The van der Waals surface area contributed by atoms with Crippen LogP contribution in [0.15, 0.2) is 58.6 Å². The Bertz CT molecular complexity index is 649. The molecule has 0 amide bonds. The Kier molecular flexibility index (Phi) is 2.79. The normalized spacial score (nSPS) is 10.9. The fourth-order valence-corrected chi connectivity index (χ4v) is 2.78. The minimum Gasteiger partial charge on any atom is -0.345 e. The van der Waals surface area contributed by atoms with Crippen LogP contribution in [0.5, 0.6) is 0 Å². The van der Waals surface area contributed by atoms with E-state index >= 15 is 0 Å². The lowest BCUT2D eigenvalue weighted by Gasteiger charge is -2.04. The summed E-state index contributed by atoms with van der Waals surface area (Å²) in [5, 5.41) is 0.746. The Morgan fingerprint density at radius 1 is 1.12 bits per heavy atom. The first-order valence-corrected chi connectivity index (χ1v) is 6.38. The van der Waals surface area contributed by atoms with E-state index in [1.165, 1.54) is 4.90 Å². The average Bonchev–Trinajstić information content (AvgIpc) is 2.78. The lowest BCUT2D eigenvalue weighted by atomic mass is 10.3. The molecule has 1 aromatic heterocycles. The van der Waals surface area contributed by atoms with Crippen molar-refractivity contribution in [1.82, 2.24) is 9.97 Å². The van der Waals surface area contributed by atoms with E-state index in [9.17, 15) is 0 Å². The van der Waals surface area contributed by atoms with Crippen LogP contribution in [0.3, 0.4) is 0 Å². The molecule has 1 N–H and O–H groups in total. The number of H-pyrrole nitrogens is 1. The maximum atomic E-state index is 6.24. The lowest BCUT2D eigenvalue weighted by Crippen LogP contribution is -1.77. The lowest BCUT2D eigenvalue weighted by molar-refractivity contribution is 1.34. The standard InChI is InChI=1S/C13H9ClN2S/c14-10-6-11-12(16-8-15-11)7-13(10)17-9-4-2-1-3-5-9/h1-8H,(H,15,16). The first kappa shape index (κ1) is 10.7. The van der Waals surface area contributed by atoms with Gasteiger partial charge in [-0.15, -0.1) is 0 Å². The van der Waals surface area contributed by atoms with Crippen LogP contribution >= 0.6 is 23.4 Å². The summed E-state index contributed by atoms with van der Waals surface area (Å²) in [5.74, 6) is 0. The monoisotopic (exact) mass is 260 g/mol. The number of hydrogen-bond donors (Lipinski definition) is 1. The molecular formula is C13H9ClN2S. The third-order valence-corrected chi connectivity index (χ3v) is 3.94. The molecule has 2 nitrogen and oxygen atoms in total. The van der Waals surface area contributed by atoms with Crippen molar-refractivity contribution in [3.05, 3.63) is 53.8 Å². The predicted octanol–water partition coefficient (Wildman–Crippen LogP) is 4.37. The highest BCUT2D eigenvalue weighted by molar-refractivity contribution is 7.99. The van der Waals surface area contributed by atoms with Crippen molar-refractivity contribution in [2.24, 2.45) is 0 Å². The van der Waals surface area contributed by atoms with Crippen molar-refractivity contribution in [2.75, 3.05) is 0 Å². The molecule has 0 bridgehead atoms. The molecule has 17 heavy (non-hydrogen) atoms. The molecule has 84 valence electrons. The van der Waals surface area contributed by atoms with Crippen molar-refractivity contribution in [3.63, 3.8) is 0 Å². The summed E-state index contributed by atoms with van der Waals surface area (Å²) < 4.78 is 0. The van der Waals surface area contributed by atoms with E-state index < -0.39 is 0 Å². The third kappa shape index (κ3) is 2.16. The molecule has 0 saturated carbocycles. The topological polar surface area (TPSA) is 28.7 Å². The van der Waals surface area contributed by atoms with E-state index in [0.717, 1.165) is 21.0 Å². The highest BCUT2D eigenvalue weighted by atomic mass is 35.5. The number of fused-ring (bicyclic) bond motifs is 1. The van der Waals surface area contributed by atoms with Crippen molar-refractivity contribution in [2.45, 2.75) is 9.79 Å². The number of aromatic amines is 1. The van der Waals surface area contributed by atoms with Crippen LogP contribution in [0, 0.1) is 0 Å². The van der Waals surface area contributed by atoms with E-state index in [0.29, 0.717) is 0 Å². The maximum absolute atomic E-state index is 6.24. The number of hydrogen-bond acceptors (Lipinski definition) is 2. The van der Waals surface area contributed by atoms with Gasteiger partial charge in [0.05, 0.1) is 22.4 Å². The van der Waals surface area contributed by atoms with Crippen LogP contribution < -0.4 is 0 Å². The molecule has 2 aromatic carbocycles. The van der Waals surface area contributed by atoms with Gasteiger partial charge < -0.3 is 4.98 Å². The Morgan fingerprint density at radius 3 is 2.76 bits per heavy atom. The molecule has 0 aliphatic carbocycles. The maximum Gasteiger partial charge on any atom is 0.0931 e. The van der Waals surface area contributed by atoms with Crippen molar-refractivity contribution in [1.29, 1.82) is 0 Å². The van der Waals surface area contributed by atoms with Gasteiger partial charge in [-0.3, -0.25) is 0 Å². The summed E-state index contributed by atoms with van der Waals surface area (Å²) in [4.78, 5) is 9.48. The quantitative estimate of drug-likeness (QED) is 0.741. The summed E-state index contributed by atoms with van der Waals surface area (Å²) in [5.41, 5.74) is 1.90. The fourth-order valence-electron chi connectivity index (χ4n) is 1.63. The number of nitrogens with zero attached hydrogens (tertiary/aromatic N) is 1. The van der Waals surface area contributed by atoms with Crippen LogP contribution in [-0.2, 0) is 0 Å². The Balaban J connectivity index is 2.02. The second-order valence-corrected chi connectivity index (χ2v) is 5.14. The Hall–Kier alpha value is -1.45. The van der Waals surface area contributed by atoms with E-state index in [1.807, 2.05) is 30.3 Å². The first-order valence-electron chi connectivity index (χ1n) is 5.18. The molecule has 4 heteroatoms. The second kappa shape index (κ2) is 4.43. The molecule has 0 unspecified atom stereocenters. The zero-order valence-corrected chi connectivity index (χ0v) is 10.4. The number of benzene rings is 2. The molecule has 3 aromatic rings. The molecule has 3 rings (SSSR count). The van der Waals surface area contributed by atoms with Crippen molar-refractivity contribution >= 4 is 34.4 Å². The molecule has 1 heterocycles. The van der Waals surface area contributed by atoms with Gasteiger partial charge in [-0.25, -0.2) is 4.98 Å². The molecule has 0 spiro atoms. The molecular weight excluding hydrogens is 252 g/mol. The van der Waals surface area contributed by atoms with E-state index in [4.69, 9.17) is 11.6 Å². The zero-order valence-electron chi connectivity index (χ0n) is 8.85. The smallest absolute Gasteiger partial charge is 0.0931 e. The van der Waals surface area contributed by atoms with Gasteiger partial charge in [0.2, 0.25) is 0 Å². The number of imidazole rings is 1. The summed E-state index contributed by atoms with van der Waals surface area (Å²) in [6.07, 6.45) is 1.68. The number of rotatable bonds is 2. The van der Waals surface area contributed by atoms with Gasteiger partial charge in [-0.05, 0) is 24.3 Å². The van der Waals surface area contributed by atoms with Gasteiger partial charge in [0.1, 0.15) is 0 Å². The van der Waals surface area contributed by atoms with Crippen molar-refractivity contribution < 1.29 is 0 Å². The SMILES string of the molecule is Clc1cc2[nH]cnc2cc1Sc1ccccc1. The third-order valence-electron chi connectivity index (χ3n) is 2.44. The number of nitrogens with one attached hydrogen (secondary N) is 1. The van der Waals surface area contributed by atoms with Crippen LogP contribution in [-0.4, -0.2) is 9.97 Å². The molecule has 0 aliphatic rings. The van der Waals surface area contributed by atoms with Gasteiger partial charge in [0.15, 0.2) is 0 Å². The van der Waals surface area contributed by atoms with Crippen LogP contribution in [0.2, 0.25) is 5.02 Å². The summed E-state index contributed by atoms with van der Waals surface area (Å²) in [6.45, 7) is 0. The number of aromatic nitrogens is 2. The average molecular weight is 261 g/mol. The minimum absolute atomic E-state index is 0.746. The minimum atomic E-state index is 0.746. The zero-order chi connectivity index (χ0) is 11.7. The fraction of sp³-hybridized carbons (Fsp3) is 0. The van der Waals surface area contributed by atoms with E-state index in [-0.39, 0.29) is 0 Å². The van der Waals surface area contributed by atoms with Crippen LogP contribution in [0.25, 0.3) is 11.0 Å².